The van der Waals surface area contributed by atoms with Gasteiger partial charge in [0, 0.05) is 13.1 Å². The molecule has 0 aromatic heterocycles. The van der Waals surface area contributed by atoms with Gasteiger partial charge in [-0.25, -0.2) is 0 Å². The Kier molecular flexibility index (Phi) is 4.51. The van der Waals surface area contributed by atoms with Crippen molar-refractivity contribution >= 4 is 5.91 Å². The van der Waals surface area contributed by atoms with Gasteiger partial charge in [0.2, 0.25) is 5.91 Å². The van der Waals surface area contributed by atoms with Crippen LogP contribution in [0.1, 0.15) is 46.0 Å². The second kappa shape index (κ2) is 5.80. The molecule has 0 spiro atoms. The molecule has 0 saturated carbocycles. The first-order chi connectivity index (χ1) is 8.89. The lowest BCUT2D eigenvalue weighted by Gasteiger charge is -2.37. The first-order valence-electron chi connectivity index (χ1n) is 7.56. The van der Waals surface area contributed by atoms with Gasteiger partial charge in [0.05, 0.1) is 12.1 Å². The van der Waals surface area contributed by atoms with Crippen LogP contribution in [0.5, 0.6) is 0 Å². The van der Waals surface area contributed by atoms with E-state index in [-0.39, 0.29) is 23.5 Å². The molecular weight excluding hydrogens is 240 g/mol. The number of aliphatic hydroxyl groups is 1. The van der Waals surface area contributed by atoms with Crippen molar-refractivity contribution in [2.24, 2.45) is 5.41 Å². The van der Waals surface area contributed by atoms with Crippen molar-refractivity contribution in [2.75, 3.05) is 26.7 Å². The van der Waals surface area contributed by atoms with Crippen LogP contribution in [0.25, 0.3) is 0 Å². The topological polar surface area (TPSA) is 43.8 Å². The summed E-state index contributed by atoms with van der Waals surface area (Å²) in [6.07, 6.45) is 4.57. The quantitative estimate of drug-likeness (QED) is 0.783. The number of amides is 1. The van der Waals surface area contributed by atoms with Crippen molar-refractivity contribution in [3.05, 3.63) is 0 Å². The summed E-state index contributed by atoms with van der Waals surface area (Å²) in [6, 6.07) is 0.0554. The number of likely N-dealkylation sites (tertiary alicyclic amines) is 2. The highest BCUT2D eigenvalue weighted by Crippen LogP contribution is 2.29. The maximum Gasteiger partial charge on any atom is 0.239 e. The van der Waals surface area contributed by atoms with Crippen molar-refractivity contribution in [2.45, 2.75) is 58.1 Å². The number of rotatable bonds is 1. The third kappa shape index (κ3) is 3.69. The van der Waals surface area contributed by atoms with Gasteiger partial charge in [-0.15, -0.1) is 0 Å². The van der Waals surface area contributed by atoms with Crippen LogP contribution in [0.2, 0.25) is 0 Å². The molecule has 2 fully saturated rings. The summed E-state index contributed by atoms with van der Waals surface area (Å²) in [5.41, 5.74) is 0.0127. The first-order valence-corrected chi connectivity index (χ1v) is 7.56. The van der Waals surface area contributed by atoms with E-state index in [1.54, 1.807) is 0 Å². The highest BCUT2D eigenvalue weighted by molar-refractivity contribution is 5.82. The van der Waals surface area contributed by atoms with Crippen LogP contribution in [0.15, 0.2) is 0 Å². The molecule has 2 saturated heterocycles. The normalized spacial score (nSPS) is 32.9. The van der Waals surface area contributed by atoms with Crippen LogP contribution >= 0.6 is 0 Å². The summed E-state index contributed by atoms with van der Waals surface area (Å²) in [5.74, 6) is 0.268. The number of hydrogen-bond donors (Lipinski definition) is 1. The van der Waals surface area contributed by atoms with Crippen molar-refractivity contribution in [3.63, 3.8) is 0 Å². The van der Waals surface area contributed by atoms with Gasteiger partial charge in [0.25, 0.3) is 0 Å². The average Bonchev–Trinajstić information content (AvgIpc) is 2.46. The second-order valence-corrected chi connectivity index (χ2v) is 7.06. The minimum atomic E-state index is -0.267. The highest BCUT2D eigenvalue weighted by Gasteiger charge is 2.35. The second-order valence-electron chi connectivity index (χ2n) is 7.06. The third-order valence-corrected chi connectivity index (χ3v) is 4.51. The molecule has 2 aliphatic heterocycles. The zero-order valence-corrected chi connectivity index (χ0v) is 12.6. The van der Waals surface area contributed by atoms with Gasteiger partial charge in [-0.3, -0.25) is 9.69 Å². The zero-order valence-electron chi connectivity index (χ0n) is 12.6. The molecule has 2 rings (SSSR count). The average molecular weight is 268 g/mol. The van der Waals surface area contributed by atoms with Crippen LogP contribution in [0, 0.1) is 5.41 Å². The Bertz CT molecular complexity index is 330. The molecule has 2 atom stereocenters. The maximum atomic E-state index is 12.7. The van der Waals surface area contributed by atoms with E-state index in [2.05, 4.69) is 25.8 Å². The lowest BCUT2D eigenvalue weighted by Crippen LogP contribution is -2.51. The van der Waals surface area contributed by atoms with E-state index in [0.29, 0.717) is 13.0 Å². The smallest absolute Gasteiger partial charge is 0.239 e. The van der Waals surface area contributed by atoms with E-state index in [1.165, 1.54) is 6.42 Å². The van der Waals surface area contributed by atoms with Crippen LogP contribution < -0.4 is 0 Å². The molecule has 0 aromatic rings. The third-order valence-electron chi connectivity index (χ3n) is 4.51. The van der Waals surface area contributed by atoms with Gasteiger partial charge in [-0.2, -0.15) is 0 Å². The molecule has 1 unspecified atom stereocenters. The molecule has 110 valence electrons. The molecule has 0 aliphatic carbocycles. The van der Waals surface area contributed by atoms with Crippen LogP contribution in [-0.4, -0.2) is 59.6 Å². The Hall–Kier alpha value is -0.610. The van der Waals surface area contributed by atoms with Crippen LogP contribution in [0.4, 0.5) is 0 Å². The first kappa shape index (κ1) is 14.8. The lowest BCUT2D eigenvalue weighted by molar-refractivity contribution is -0.138. The number of aliphatic hydroxyl groups excluding tert-OH is 1. The summed E-state index contributed by atoms with van der Waals surface area (Å²) in [5, 5.41) is 9.94. The minimum Gasteiger partial charge on any atom is -0.393 e. The van der Waals surface area contributed by atoms with Crippen LogP contribution in [-0.2, 0) is 4.79 Å². The van der Waals surface area contributed by atoms with Gasteiger partial charge in [-0.1, -0.05) is 20.3 Å². The van der Waals surface area contributed by atoms with Gasteiger partial charge in [0.1, 0.15) is 0 Å². The standard InChI is InChI=1S/C15H28N2O2/c1-15(2)10-12(18)7-9-17(11-15)14(19)13-6-4-5-8-16(13)3/h12-13,18H,4-11H2,1-3H3/t12?,13-/m0/s1. The van der Waals surface area contributed by atoms with Crippen molar-refractivity contribution < 1.29 is 9.90 Å². The molecular formula is C15H28N2O2. The highest BCUT2D eigenvalue weighted by atomic mass is 16.3. The predicted octanol–water partition coefficient (Wildman–Crippen LogP) is 1.48. The Morgan fingerprint density at radius 3 is 2.63 bits per heavy atom. The summed E-state index contributed by atoms with van der Waals surface area (Å²) in [4.78, 5) is 16.9. The van der Waals surface area contributed by atoms with E-state index in [4.69, 9.17) is 0 Å². The fourth-order valence-electron chi connectivity index (χ4n) is 3.49. The minimum absolute atomic E-state index is 0.0127. The molecule has 0 bridgehead atoms. The van der Waals surface area contributed by atoms with Crippen LogP contribution in [0.3, 0.4) is 0 Å². The molecule has 4 nitrogen and oxygen atoms in total. The van der Waals surface area contributed by atoms with E-state index in [0.717, 1.165) is 32.4 Å². The van der Waals surface area contributed by atoms with Gasteiger partial charge >= 0.3 is 0 Å². The van der Waals surface area contributed by atoms with Crippen molar-refractivity contribution in [1.29, 1.82) is 0 Å². The van der Waals surface area contributed by atoms with Gasteiger partial charge < -0.3 is 10.0 Å². The molecule has 1 N–H and O–H groups in total. The van der Waals surface area contributed by atoms with E-state index < -0.39 is 0 Å². The molecule has 19 heavy (non-hydrogen) atoms. The Morgan fingerprint density at radius 2 is 1.95 bits per heavy atom. The Morgan fingerprint density at radius 1 is 1.21 bits per heavy atom. The van der Waals surface area contributed by atoms with Gasteiger partial charge in [-0.05, 0) is 44.7 Å². The Labute approximate surface area is 116 Å². The summed E-state index contributed by atoms with van der Waals surface area (Å²) < 4.78 is 0. The molecule has 4 heteroatoms. The SMILES string of the molecule is CN1CCCC[C@H]1C(=O)N1CCC(O)CC(C)(C)C1. The summed E-state index contributed by atoms with van der Waals surface area (Å²) >= 11 is 0. The largest absolute Gasteiger partial charge is 0.393 e. The molecule has 0 aromatic carbocycles. The van der Waals surface area contributed by atoms with Gasteiger partial charge in [0.15, 0.2) is 0 Å². The van der Waals surface area contributed by atoms with Crippen molar-refractivity contribution in [1.82, 2.24) is 9.80 Å². The number of carbonyl (C=O) groups is 1. The summed E-state index contributed by atoms with van der Waals surface area (Å²) in [6.45, 7) is 6.79. The molecule has 1 amide bonds. The van der Waals surface area contributed by atoms with E-state index >= 15 is 0 Å². The molecule has 0 radical (unpaired) electrons. The molecule has 2 aliphatic rings. The Balaban J connectivity index is 2.05. The monoisotopic (exact) mass is 268 g/mol. The maximum absolute atomic E-state index is 12.7. The van der Waals surface area contributed by atoms with E-state index in [9.17, 15) is 9.90 Å². The zero-order chi connectivity index (χ0) is 14.0. The molecule has 2 heterocycles. The summed E-state index contributed by atoms with van der Waals surface area (Å²) in [7, 11) is 2.06. The number of likely N-dealkylation sites (N-methyl/N-ethyl adjacent to an activating group) is 1. The number of piperidine rings is 1. The lowest BCUT2D eigenvalue weighted by atomic mass is 9.86. The number of nitrogens with zero attached hydrogens (tertiary/aromatic N) is 2. The van der Waals surface area contributed by atoms with E-state index in [1.807, 2.05) is 4.90 Å². The number of carbonyl (C=O) groups excluding carboxylic acids is 1. The predicted molar refractivity (Wildman–Crippen MR) is 75.9 cm³/mol. The number of hydrogen-bond acceptors (Lipinski definition) is 3. The van der Waals surface area contributed by atoms with Crippen molar-refractivity contribution in [3.8, 4) is 0 Å². The fraction of sp³-hybridized carbons (Fsp3) is 0.933. The fourth-order valence-corrected chi connectivity index (χ4v) is 3.49.